The second-order valence-electron chi connectivity index (χ2n) is 4.59. The number of imide groups is 2. The molecule has 0 bridgehead atoms. The zero-order valence-electron chi connectivity index (χ0n) is 10.9. The number of hydrogen-bond donors (Lipinski definition) is 1. The van der Waals surface area contributed by atoms with Crippen molar-refractivity contribution in [2.45, 2.75) is 33.2 Å². The molecule has 1 aromatic heterocycles. The minimum Gasteiger partial charge on any atom is -0.277 e. The molecule has 1 aliphatic rings. The Morgan fingerprint density at radius 1 is 1.37 bits per heavy atom. The van der Waals surface area contributed by atoms with Crippen LogP contribution in [0.15, 0.2) is 11.4 Å². The lowest BCUT2D eigenvalue weighted by Crippen LogP contribution is -2.57. The number of amides is 4. The number of carbonyl (C=O) groups excluding carboxylic acids is 3. The first-order chi connectivity index (χ1) is 9.04. The fourth-order valence-corrected chi connectivity index (χ4v) is 2.96. The normalized spacial score (nSPS) is 19.8. The van der Waals surface area contributed by atoms with Crippen LogP contribution < -0.4 is 5.32 Å². The summed E-state index contributed by atoms with van der Waals surface area (Å²) in [5.41, 5.74) is 1.05. The molecule has 1 N–H and O–H groups in total. The van der Waals surface area contributed by atoms with Crippen molar-refractivity contribution in [3.63, 3.8) is 0 Å². The summed E-state index contributed by atoms with van der Waals surface area (Å²) in [6.07, 6.45) is 1.20. The molecule has 5 nitrogen and oxygen atoms in total. The van der Waals surface area contributed by atoms with Crippen LogP contribution in [0, 0.1) is 12.8 Å². The van der Waals surface area contributed by atoms with E-state index < -0.39 is 17.9 Å². The van der Waals surface area contributed by atoms with Gasteiger partial charge >= 0.3 is 6.03 Å². The van der Waals surface area contributed by atoms with Crippen LogP contribution in [0.5, 0.6) is 0 Å². The van der Waals surface area contributed by atoms with Gasteiger partial charge in [0.25, 0.3) is 0 Å². The second kappa shape index (κ2) is 5.52. The Bertz CT molecular complexity index is 524. The van der Waals surface area contributed by atoms with Gasteiger partial charge < -0.3 is 0 Å². The molecule has 19 heavy (non-hydrogen) atoms. The van der Waals surface area contributed by atoms with E-state index in [0.29, 0.717) is 6.42 Å². The Morgan fingerprint density at radius 3 is 2.68 bits per heavy atom. The number of carbonyl (C=O) groups is 3. The van der Waals surface area contributed by atoms with Crippen molar-refractivity contribution in [3.05, 3.63) is 21.9 Å². The highest BCUT2D eigenvalue weighted by atomic mass is 32.1. The van der Waals surface area contributed by atoms with Crippen LogP contribution in [0.4, 0.5) is 4.79 Å². The number of barbiturate groups is 1. The molecule has 0 saturated carbocycles. The Morgan fingerprint density at radius 2 is 2.11 bits per heavy atom. The van der Waals surface area contributed by atoms with Crippen LogP contribution >= 0.6 is 11.3 Å². The largest absolute Gasteiger partial charge is 0.331 e. The highest BCUT2D eigenvalue weighted by molar-refractivity contribution is 7.10. The van der Waals surface area contributed by atoms with Gasteiger partial charge in [-0.15, -0.1) is 11.3 Å². The molecule has 102 valence electrons. The van der Waals surface area contributed by atoms with E-state index in [2.05, 4.69) is 5.32 Å². The predicted molar refractivity (Wildman–Crippen MR) is 71.5 cm³/mol. The van der Waals surface area contributed by atoms with Gasteiger partial charge in [-0.1, -0.05) is 13.3 Å². The molecule has 1 fully saturated rings. The molecule has 2 heterocycles. The van der Waals surface area contributed by atoms with Crippen molar-refractivity contribution in [2.75, 3.05) is 0 Å². The van der Waals surface area contributed by atoms with Gasteiger partial charge in [-0.3, -0.25) is 19.8 Å². The molecule has 4 amide bonds. The molecule has 2 rings (SSSR count). The maximum absolute atomic E-state index is 12.2. The first kappa shape index (κ1) is 13.7. The van der Waals surface area contributed by atoms with Crippen molar-refractivity contribution >= 4 is 29.2 Å². The number of rotatable bonds is 4. The Labute approximate surface area is 115 Å². The number of nitrogens with one attached hydrogen (secondary N) is 1. The third-order valence-corrected chi connectivity index (χ3v) is 4.21. The summed E-state index contributed by atoms with van der Waals surface area (Å²) < 4.78 is 0. The van der Waals surface area contributed by atoms with Gasteiger partial charge in [0.05, 0.1) is 6.54 Å². The summed E-state index contributed by atoms with van der Waals surface area (Å²) in [5, 5.41) is 4.18. The smallest absolute Gasteiger partial charge is 0.277 e. The summed E-state index contributed by atoms with van der Waals surface area (Å²) in [6, 6.07) is 1.33. The third kappa shape index (κ3) is 2.68. The standard InChI is InChI=1S/C13H16N2O3S/c1-3-4-9-11(16)14-13(18)15(12(9)17)7-10-8(2)5-6-19-10/h5-6,9H,3-4,7H2,1-2H3,(H,14,16,18). The van der Waals surface area contributed by atoms with E-state index in [-0.39, 0.29) is 12.5 Å². The highest BCUT2D eigenvalue weighted by Gasteiger charge is 2.39. The maximum Gasteiger partial charge on any atom is 0.331 e. The second-order valence-corrected chi connectivity index (χ2v) is 5.59. The first-order valence-electron chi connectivity index (χ1n) is 6.23. The van der Waals surface area contributed by atoms with E-state index in [1.54, 1.807) is 0 Å². The van der Waals surface area contributed by atoms with Crippen molar-refractivity contribution in [1.82, 2.24) is 10.2 Å². The zero-order chi connectivity index (χ0) is 14.0. The van der Waals surface area contributed by atoms with Crippen molar-refractivity contribution in [2.24, 2.45) is 5.92 Å². The molecule has 1 aliphatic heterocycles. The van der Waals surface area contributed by atoms with Gasteiger partial charge in [0.1, 0.15) is 5.92 Å². The average Bonchev–Trinajstić information content (AvgIpc) is 2.76. The lowest BCUT2D eigenvalue weighted by Gasteiger charge is -2.29. The number of nitrogens with zero attached hydrogens (tertiary/aromatic N) is 1. The zero-order valence-corrected chi connectivity index (χ0v) is 11.8. The van der Waals surface area contributed by atoms with Crippen LogP contribution in [0.1, 0.15) is 30.2 Å². The summed E-state index contributed by atoms with van der Waals surface area (Å²) in [6.45, 7) is 4.08. The van der Waals surface area contributed by atoms with Gasteiger partial charge in [-0.05, 0) is 30.4 Å². The van der Waals surface area contributed by atoms with Crippen molar-refractivity contribution in [1.29, 1.82) is 0 Å². The number of thiophene rings is 1. The molecule has 0 aliphatic carbocycles. The first-order valence-corrected chi connectivity index (χ1v) is 7.11. The van der Waals surface area contributed by atoms with E-state index in [9.17, 15) is 14.4 Å². The van der Waals surface area contributed by atoms with Gasteiger partial charge in [0.15, 0.2) is 0 Å². The maximum atomic E-state index is 12.2. The van der Waals surface area contributed by atoms with Crippen LogP contribution in [-0.4, -0.2) is 22.7 Å². The summed E-state index contributed by atoms with van der Waals surface area (Å²) in [7, 11) is 0. The van der Waals surface area contributed by atoms with E-state index in [0.717, 1.165) is 21.8 Å². The number of urea groups is 1. The Kier molecular flexibility index (Phi) is 3.99. The van der Waals surface area contributed by atoms with E-state index in [4.69, 9.17) is 0 Å². The summed E-state index contributed by atoms with van der Waals surface area (Å²) in [5.74, 6) is -1.60. The van der Waals surface area contributed by atoms with Crippen LogP contribution in [0.3, 0.4) is 0 Å². The topological polar surface area (TPSA) is 66.5 Å². The van der Waals surface area contributed by atoms with Crippen LogP contribution in [-0.2, 0) is 16.1 Å². The Hall–Kier alpha value is -1.69. The average molecular weight is 280 g/mol. The molecule has 1 atom stereocenters. The molecule has 1 aromatic rings. The SMILES string of the molecule is CCCC1C(=O)NC(=O)N(Cc2sccc2C)C1=O. The molecule has 0 aromatic carbocycles. The number of hydrogen-bond acceptors (Lipinski definition) is 4. The predicted octanol–water partition coefficient (Wildman–Crippen LogP) is 2.05. The van der Waals surface area contributed by atoms with Crippen molar-refractivity contribution < 1.29 is 14.4 Å². The minimum atomic E-state index is -0.733. The van der Waals surface area contributed by atoms with Gasteiger partial charge in [-0.25, -0.2) is 4.79 Å². The quantitative estimate of drug-likeness (QED) is 0.858. The molecule has 0 radical (unpaired) electrons. The van der Waals surface area contributed by atoms with Crippen LogP contribution in [0.25, 0.3) is 0 Å². The van der Waals surface area contributed by atoms with Gasteiger partial charge in [0, 0.05) is 4.88 Å². The molecule has 0 spiro atoms. The van der Waals surface area contributed by atoms with E-state index in [1.807, 2.05) is 25.3 Å². The molecule has 6 heteroatoms. The van der Waals surface area contributed by atoms with Gasteiger partial charge in [0.2, 0.25) is 11.8 Å². The van der Waals surface area contributed by atoms with Gasteiger partial charge in [-0.2, -0.15) is 0 Å². The molecule has 1 unspecified atom stereocenters. The lowest BCUT2D eigenvalue weighted by atomic mass is 9.99. The van der Waals surface area contributed by atoms with Crippen LogP contribution in [0.2, 0.25) is 0 Å². The van der Waals surface area contributed by atoms with Crippen molar-refractivity contribution in [3.8, 4) is 0 Å². The summed E-state index contributed by atoms with van der Waals surface area (Å²) in [4.78, 5) is 37.8. The molecule has 1 saturated heterocycles. The fraction of sp³-hybridized carbons (Fsp3) is 0.462. The highest BCUT2D eigenvalue weighted by Crippen LogP contribution is 2.22. The third-order valence-electron chi connectivity index (χ3n) is 3.20. The summed E-state index contributed by atoms with van der Waals surface area (Å²) >= 11 is 1.50. The lowest BCUT2D eigenvalue weighted by molar-refractivity contribution is -0.143. The van der Waals surface area contributed by atoms with E-state index >= 15 is 0 Å². The fourth-order valence-electron chi connectivity index (χ4n) is 2.06. The number of aryl methyl sites for hydroxylation is 1. The molecular formula is C13H16N2O3S. The monoisotopic (exact) mass is 280 g/mol. The van der Waals surface area contributed by atoms with E-state index in [1.165, 1.54) is 11.3 Å². The Balaban J connectivity index is 2.19. The molecular weight excluding hydrogens is 264 g/mol. The minimum absolute atomic E-state index is 0.238.